The summed E-state index contributed by atoms with van der Waals surface area (Å²) in [5, 5.41) is 5.68. The van der Waals surface area contributed by atoms with Gasteiger partial charge in [0, 0.05) is 56.6 Å². The standard InChI is InChI=1S/C25H34N6O3/c1-3-4-6-22(32)28-17-23(33)31-14-9-20(10-15-31)24-21(8-7-19(2)29-24)25(34)27-11-5-13-30-16-12-26-18-30/h3-4,7-8,12,16,18,20H,5-6,9-11,13-15,17H2,1-2H3,(H,27,34)(H,28,32)/b4-3+. The molecule has 0 aromatic carbocycles. The average molecular weight is 467 g/mol. The molecule has 0 saturated carbocycles. The van der Waals surface area contributed by atoms with Crippen LogP contribution in [-0.4, -0.2) is 63.3 Å². The summed E-state index contributed by atoms with van der Waals surface area (Å²) in [7, 11) is 0. The van der Waals surface area contributed by atoms with E-state index in [4.69, 9.17) is 4.98 Å². The van der Waals surface area contributed by atoms with Gasteiger partial charge in [-0.1, -0.05) is 12.2 Å². The van der Waals surface area contributed by atoms with E-state index in [1.807, 2.05) is 42.8 Å². The minimum absolute atomic E-state index is 0.0104. The van der Waals surface area contributed by atoms with E-state index in [9.17, 15) is 14.4 Å². The molecule has 1 aliphatic heterocycles. The second kappa shape index (κ2) is 12.7. The Morgan fingerprint density at radius 2 is 1.97 bits per heavy atom. The monoisotopic (exact) mass is 466 g/mol. The first-order chi connectivity index (χ1) is 16.5. The van der Waals surface area contributed by atoms with Crippen molar-refractivity contribution in [1.29, 1.82) is 0 Å². The fourth-order valence-electron chi connectivity index (χ4n) is 4.04. The van der Waals surface area contributed by atoms with Gasteiger partial charge in [-0.15, -0.1) is 0 Å². The highest BCUT2D eigenvalue weighted by Gasteiger charge is 2.28. The third-order valence-corrected chi connectivity index (χ3v) is 5.96. The molecule has 0 unspecified atom stereocenters. The number of allylic oxidation sites excluding steroid dienone is 1. The Hall–Kier alpha value is -3.49. The van der Waals surface area contributed by atoms with Crippen molar-refractivity contribution in [3.63, 3.8) is 0 Å². The first-order valence-electron chi connectivity index (χ1n) is 11.8. The summed E-state index contributed by atoms with van der Waals surface area (Å²) in [6.45, 7) is 6.30. The molecule has 2 N–H and O–H groups in total. The summed E-state index contributed by atoms with van der Waals surface area (Å²) < 4.78 is 1.98. The van der Waals surface area contributed by atoms with Crippen molar-refractivity contribution < 1.29 is 14.4 Å². The van der Waals surface area contributed by atoms with E-state index < -0.39 is 0 Å². The van der Waals surface area contributed by atoms with Crippen LogP contribution in [0.4, 0.5) is 0 Å². The summed E-state index contributed by atoms with van der Waals surface area (Å²) in [5.74, 6) is -0.248. The largest absolute Gasteiger partial charge is 0.352 e. The summed E-state index contributed by atoms with van der Waals surface area (Å²) in [6, 6.07) is 3.71. The number of imidazole rings is 1. The van der Waals surface area contributed by atoms with Gasteiger partial charge in [0.1, 0.15) is 0 Å². The number of aromatic nitrogens is 3. The van der Waals surface area contributed by atoms with Crippen molar-refractivity contribution in [2.24, 2.45) is 0 Å². The Balaban J connectivity index is 1.51. The van der Waals surface area contributed by atoms with Gasteiger partial charge in [0.05, 0.1) is 24.1 Å². The van der Waals surface area contributed by atoms with Crippen LogP contribution in [0.15, 0.2) is 43.0 Å². The molecule has 1 saturated heterocycles. The minimum atomic E-state index is -0.161. The Labute approximate surface area is 200 Å². The van der Waals surface area contributed by atoms with E-state index >= 15 is 0 Å². The van der Waals surface area contributed by atoms with Gasteiger partial charge in [-0.3, -0.25) is 19.4 Å². The minimum Gasteiger partial charge on any atom is -0.352 e. The second-order valence-electron chi connectivity index (χ2n) is 8.50. The Morgan fingerprint density at radius 3 is 2.68 bits per heavy atom. The van der Waals surface area contributed by atoms with Crippen LogP contribution < -0.4 is 10.6 Å². The van der Waals surface area contributed by atoms with E-state index in [-0.39, 0.29) is 36.6 Å². The zero-order valence-corrected chi connectivity index (χ0v) is 20.0. The number of amides is 3. The van der Waals surface area contributed by atoms with Crippen molar-refractivity contribution in [3.8, 4) is 0 Å². The van der Waals surface area contributed by atoms with Gasteiger partial charge in [-0.2, -0.15) is 0 Å². The molecule has 0 bridgehead atoms. The van der Waals surface area contributed by atoms with E-state index in [0.29, 0.717) is 25.2 Å². The maximum Gasteiger partial charge on any atom is 0.253 e. The van der Waals surface area contributed by atoms with Gasteiger partial charge >= 0.3 is 0 Å². The average Bonchev–Trinajstić information content (AvgIpc) is 3.37. The molecule has 1 aliphatic rings. The second-order valence-corrected chi connectivity index (χ2v) is 8.50. The first-order valence-corrected chi connectivity index (χ1v) is 11.8. The van der Waals surface area contributed by atoms with Gasteiger partial charge in [-0.25, -0.2) is 4.98 Å². The number of hydrogen-bond donors (Lipinski definition) is 2. The van der Waals surface area contributed by atoms with Gasteiger partial charge in [-0.05, 0) is 45.2 Å². The lowest BCUT2D eigenvalue weighted by Crippen LogP contribution is -2.44. The predicted molar refractivity (Wildman–Crippen MR) is 129 cm³/mol. The molecule has 34 heavy (non-hydrogen) atoms. The number of piperidine rings is 1. The smallest absolute Gasteiger partial charge is 0.253 e. The molecule has 3 heterocycles. The molecule has 182 valence electrons. The molecule has 1 fully saturated rings. The third-order valence-electron chi connectivity index (χ3n) is 5.96. The third kappa shape index (κ3) is 7.26. The fourth-order valence-corrected chi connectivity index (χ4v) is 4.04. The molecule has 3 rings (SSSR count). The normalized spacial score (nSPS) is 14.4. The van der Waals surface area contributed by atoms with Crippen LogP contribution >= 0.6 is 0 Å². The SMILES string of the molecule is C/C=C/CC(=O)NCC(=O)N1CCC(c2nc(C)ccc2C(=O)NCCCn2ccnc2)CC1. The van der Waals surface area contributed by atoms with Crippen molar-refractivity contribution in [3.05, 3.63) is 60.0 Å². The number of pyridine rings is 1. The zero-order valence-electron chi connectivity index (χ0n) is 20.0. The molecule has 0 aliphatic carbocycles. The van der Waals surface area contributed by atoms with Gasteiger partial charge in [0.2, 0.25) is 11.8 Å². The molecule has 2 aromatic heterocycles. The summed E-state index contributed by atoms with van der Waals surface area (Å²) in [5.41, 5.74) is 2.28. The fraction of sp³-hybridized carbons (Fsp3) is 0.480. The Bertz CT molecular complexity index is 994. The maximum absolute atomic E-state index is 12.9. The van der Waals surface area contributed by atoms with E-state index in [0.717, 1.165) is 37.2 Å². The summed E-state index contributed by atoms with van der Waals surface area (Å²) >= 11 is 0. The van der Waals surface area contributed by atoms with Crippen molar-refractivity contribution in [1.82, 2.24) is 30.1 Å². The molecule has 0 atom stereocenters. The van der Waals surface area contributed by atoms with Crippen LogP contribution in [0.5, 0.6) is 0 Å². The van der Waals surface area contributed by atoms with Gasteiger partial charge < -0.3 is 20.1 Å². The van der Waals surface area contributed by atoms with E-state index in [2.05, 4.69) is 15.6 Å². The van der Waals surface area contributed by atoms with Crippen LogP contribution in [-0.2, 0) is 16.1 Å². The van der Waals surface area contributed by atoms with Crippen LogP contribution in [0.3, 0.4) is 0 Å². The molecular formula is C25H34N6O3. The highest BCUT2D eigenvalue weighted by molar-refractivity contribution is 5.95. The first kappa shape index (κ1) is 25.1. The lowest BCUT2D eigenvalue weighted by molar-refractivity contribution is -0.133. The van der Waals surface area contributed by atoms with Crippen LogP contribution in [0.25, 0.3) is 0 Å². The number of carbonyl (C=O) groups is 3. The number of nitrogens with one attached hydrogen (secondary N) is 2. The van der Waals surface area contributed by atoms with Crippen LogP contribution in [0.2, 0.25) is 0 Å². The highest BCUT2D eigenvalue weighted by Crippen LogP contribution is 2.29. The highest BCUT2D eigenvalue weighted by atomic mass is 16.2. The summed E-state index contributed by atoms with van der Waals surface area (Å²) in [6.07, 6.45) is 11.5. The van der Waals surface area contributed by atoms with E-state index in [1.54, 1.807) is 23.5 Å². The number of rotatable bonds is 10. The van der Waals surface area contributed by atoms with Crippen molar-refractivity contribution in [2.45, 2.75) is 52.0 Å². The maximum atomic E-state index is 12.9. The van der Waals surface area contributed by atoms with E-state index in [1.165, 1.54) is 0 Å². The molecule has 3 amide bonds. The molecule has 9 heteroatoms. The van der Waals surface area contributed by atoms with Crippen molar-refractivity contribution >= 4 is 17.7 Å². The lowest BCUT2D eigenvalue weighted by Gasteiger charge is -2.32. The zero-order chi connectivity index (χ0) is 24.3. The Morgan fingerprint density at radius 1 is 1.18 bits per heavy atom. The topological polar surface area (TPSA) is 109 Å². The van der Waals surface area contributed by atoms with Crippen LogP contribution in [0, 0.1) is 6.92 Å². The quantitative estimate of drug-likeness (QED) is 0.412. The number of likely N-dealkylation sites (tertiary alicyclic amines) is 1. The molecular weight excluding hydrogens is 432 g/mol. The number of aryl methyl sites for hydroxylation is 2. The molecule has 2 aromatic rings. The van der Waals surface area contributed by atoms with Crippen LogP contribution in [0.1, 0.15) is 60.3 Å². The molecule has 9 nitrogen and oxygen atoms in total. The Kier molecular flexibility index (Phi) is 9.37. The van der Waals surface area contributed by atoms with Gasteiger partial charge in [0.25, 0.3) is 5.91 Å². The number of carbonyl (C=O) groups excluding carboxylic acids is 3. The predicted octanol–water partition coefficient (Wildman–Crippen LogP) is 2.20. The molecule has 0 spiro atoms. The molecule has 0 radical (unpaired) electrons. The summed E-state index contributed by atoms with van der Waals surface area (Å²) in [4.78, 5) is 47.6. The van der Waals surface area contributed by atoms with Gasteiger partial charge in [0.15, 0.2) is 0 Å². The van der Waals surface area contributed by atoms with Crippen molar-refractivity contribution in [2.75, 3.05) is 26.2 Å². The lowest BCUT2D eigenvalue weighted by atomic mass is 9.89. The number of hydrogen-bond acceptors (Lipinski definition) is 5. The number of nitrogens with zero attached hydrogens (tertiary/aromatic N) is 4.